The number of hydrogen-bond acceptors (Lipinski definition) is 4. The Hall–Kier alpha value is -2.57. The molecule has 140 valence electrons. The van der Waals surface area contributed by atoms with Gasteiger partial charge in [0.25, 0.3) is 0 Å². The number of hydrogen-bond donors (Lipinski definition) is 2. The molecule has 2 aliphatic rings. The number of piperazine rings is 1. The molecule has 0 bridgehead atoms. The van der Waals surface area contributed by atoms with Gasteiger partial charge in [-0.3, -0.25) is 14.4 Å². The van der Waals surface area contributed by atoms with Crippen LogP contribution in [0.25, 0.3) is 0 Å². The molecule has 7 nitrogen and oxygen atoms in total. The van der Waals surface area contributed by atoms with E-state index in [2.05, 4.69) is 15.5 Å². The first-order valence-corrected chi connectivity index (χ1v) is 9.21. The van der Waals surface area contributed by atoms with Gasteiger partial charge < -0.3 is 20.4 Å². The van der Waals surface area contributed by atoms with E-state index in [4.69, 9.17) is 0 Å². The zero-order valence-corrected chi connectivity index (χ0v) is 15.2. The van der Waals surface area contributed by atoms with Crippen LogP contribution < -0.4 is 15.5 Å². The predicted molar refractivity (Wildman–Crippen MR) is 99.9 cm³/mol. The Balaban J connectivity index is 1.45. The lowest BCUT2D eigenvalue weighted by molar-refractivity contribution is -0.132. The van der Waals surface area contributed by atoms with Crippen LogP contribution in [0.2, 0.25) is 0 Å². The van der Waals surface area contributed by atoms with Crippen LogP contribution in [0.3, 0.4) is 0 Å². The van der Waals surface area contributed by atoms with Crippen molar-refractivity contribution in [1.82, 2.24) is 10.2 Å². The predicted octanol–water partition coefficient (Wildman–Crippen LogP) is 1.21. The second-order valence-electron chi connectivity index (χ2n) is 6.91. The summed E-state index contributed by atoms with van der Waals surface area (Å²) < 4.78 is 0. The van der Waals surface area contributed by atoms with Gasteiger partial charge in [-0.1, -0.05) is 0 Å². The van der Waals surface area contributed by atoms with Crippen molar-refractivity contribution in [2.24, 2.45) is 5.92 Å². The van der Waals surface area contributed by atoms with Crippen LogP contribution in [-0.2, 0) is 14.4 Å². The molecule has 1 heterocycles. The summed E-state index contributed by atoms with van der Waals surface area (Å²) in [6, 6.07) is 7.74. The number of rotatable bonds is 6. The summed E-state index contributed by atoms with van der Waals surface area (Å²) >= 11 is 0. The average molecular weight is 358 g/mol. The van der Waals surface area contributed by atoms with E-state index in [1.807, 2.05) is 29.2 Å². The molecule has 0 unspecified atom stereocenters. The zero-order chi connectivity index (χ0) is 18.5. The van der Waals surface area contributed by atoms with Gasteiger partial charge in [0.2, 0.25) is 17.7 Å². The van der Waals surface area contributed by atoms with Crippen molar-refractivity contribution in [3.8, 4) is 0 Å². The number of nitrogens with one attached hydrogen (secondary N) is 2. The molecule has 1 aliphatic carbocycles. The molecule has 0 atom stereocenters. The molecule has 2 fully saturated rings. The van der Waals surface area contributed by atoms with Crippen molar-refractivity contribution >= 4 is 29.1 Å². The smallest absolute Gasteiger partial charge is 0.226 e. The maximum atomic E-state index is 12.1. The van der Waals surface area contributed by atoms with Crippen LogP contribution in [0, 0.1) is 5.92 Å². The molecule has 3 amide bonds. The molecule has 0 aromatic heterocycles. The van der Waals surface area contributed by atoms with E-state index in [9.17, 15) is 14.4 Å². The molecule has 0 spiro atoms. The molecule has 1 aromatic rings. The number of benzene rings is 1. The van der Waals surface area contributed by atoms with E-state index in [1.54, 1.807) is 0 Å². The van der Waals surface area contributed by atoms with Gasteiger partial charge in [-0.2, -0.15) is 0 Å². The number of amides is 3. The van der Waals surface area contributed by atoms with Crippen molar-refractivity contribution in [3.05, 3.63) is 24.3 Å². The van der Waals surface area contributed by atoms with Crippen molar-refractivity contribution in [3.63, 3.8) is 0 Å². The maximum absolute atomic E-state index is 12.1. The monoisotopic (exact) mass is 358 g/mol. The third kappa shape index (κ3) is 4.97. The van der Waals surface area contributed by atoms with E-state index in [1.165, 1.54) is 6.92 Å². The van der Waals surface area contributed by atoms with Crippen molar-refractivity contribution in [2.45, 2.75) is 26.2 Å². The van der Waals surface area contributed by atoms with Gasteiger partial charge in [0.1, 0.15) is 0 Å². The van der Waals surface area contributed by atoms with Crippen molar-refractivity contribution in [1.29, 1.82) is 0 Å². The van der Waals surface area contributed by atoms with E-state index >= 15 is 0 Å². The second-order valence-corrected chi connectivity index (χ2v) is 6.91. The Kier molecular flexibility index (Phi) is 5.75. The van der Waals surface area contributed by atoms with Crippen molar-refractivity contribution < 1.29 is 14.4 Å². The molecule has 2 N–H and O–H groups in total. The Bertz CT molecular complexity index is 662. The van der Waals surface area contributed by atoms with Crippen LogP contribution in [0.5, 0.6) is 0 Å². The van der Waals surface area contributed by atoms with Gasteiger partial charge in [0, 0.05) is 63.4 Å². The zero-order valence-electron chi connectivity index (χ0n) is 15.2. The highest BCUT2D eigenvalue weighted by Gasteiger charge is 2.34. The molecule has 1 saturated carbocycles. The Morgan fingerprint density at radius 1 is 1.04 bits per heavy atom. The Labute approximate surface area is 153 Å². The standard InChI is InChI=1S/C19H26N4O3/c1-14(24)20-9-8-18(25)21-16-4-6-17(7-5-16)22-10-12-23(13-11-22)19(26)15-2-3-15/h4-7,15H,2-3,8-13H2,1H3,(H,20,24)(H,21,25). The summed E-state index contributed by atoms with van der Waals surface area (Å²) in [5.41, 5.74) is 1.84. The summed E-state index contributed by atoms with van der Waals surface area (Å²) in [7, 11) is 0. The first-order valence-electron chi connectivity index (χ1n) is 9.21. The molecule has 26 heavy (non-hydrogen) atoms. The van der Waals surface area contributed by atoms with E-state index in [-0.39, 0.29) is 24.2 Å². The summed E-state index contributed by atoms with van der Waals surface area (Å²) in [5.74, 6) is 0.344. The van der Waals surface area contributed by atoms with E-state index < -0.39 is 0 Å². The van der Waals surface area contributed by atoms with Gasteiger partial charge in [0.15, 0.2) is 0 Å². The Morgan fingerprint density at radius 2 is 1.69 bits per heavy atom. The minimum Gasteiger partial charge on any atom is -0.368 e. The summed E-state index contributed by atoms with van der Waals surface area (Å²) in [5, 5.41) is 5.43. The highest BCUT2D eigenvalue weighted by Crippen LogP contribution is 2.31. The number of carbonyl (C=O) groups is 3. The fourth-order valence-corrected chi connectivity index (χ4v) is 3.10. The van der Waals surface area contributed by atoms with Gasteiger partial charge >= 0.3 is 0 Å². The van der Waals surface area contributed by atoms with E-state index in [0.29, 0.717) is 12.5 Å². The van der Waals surface area contributed by atoms with Crippen LogP contribution in [0.15, 0.2) is 24.3 Å². The third-order valence-electron chi connectivity index (χ3n) is 4.76. The maximum Gasteiger partial charge on any atom is 0.226 e. The summed E-state index contributed by atoms with van der Waals surface area (Å²) in [6.45, 7) is 4.98. The van der Waals surface area contributed by atoms with E-state index in [0.717, 1.165) is 50.4 Å². The molecule has 7 heteroatoms. The number of anilines is 2. The SMILES string of the molecule is CC(=O)NCCC(=O)Nc1ccc(N2CCN(C(=O)C3CC3)CC2)cc1. The molecular weight excluding hydrogens is 332 g/mol. The minimum absolute atomic E-state index is 0.126. The molecule has 1 saturated heterocycles. The van der Waals surface area contributed by atoms with Crippen LogP contribution in [-0.4, -0.2) is 55.3 Å². The third-order valence-corrected chi connectivity index (χ3v) is 4.76. The van der Waals surface area contributed by atoms with Crippen molar-refractivity contribution in [2.75, 3.05) is 42.9 Å². The lowest BCUT2D eigenvalue weighted by Crippen LogP contribution is -2.49. The van der Waals surface area contributed by atoms with Gasteiger partial charge in [-0.15, -0.1) is 0 Å². The lowest BCUT2D eigenvalue weighted by Gasteiger charge is -2.36. The average Bonchev–Trinajstić information content (AvgIpc) is 3.47. The Morgan fingerprint density at radius 3 is 2.27 bits per heavy atom. The fourth-order valence-electron chi connectivity index (χ4n) is 3.10. The molecule has 0 radical (unpaired) electrons. The van der Waals surface area contributed by atoms with Crippen LogP contribution in [0.1, 0.15) is 26.2 Å². The van der Waals surface area contributed by atoms with Crippen LogP contribution in [0.4, 0.5) is 11.4 Å². The highest BCUT2D eigenvalue weighted by molar-refractivity contribution is 5.91. The molecule has 1 aromatic carbocycles. The topological polar surface area (TPSA) is 81.8 Å². The summed E-state index contributed by atoms with van der Waals surface area (Å²) in [6.07, 6.45) is 2.35. The molecular formula is C19H26N4O3. The largest absolute Gasteiger partial charge is 0.368 e. The quantitative estimate of drug-likeness (QED) is 0.801. The highest BCUT2D eigenvalue weighted by atomic mass is 16.2. The summed E-state index contributed by atoms with van der Waals surface area (Å²) in [4.78, 5) is 39.0. The molecule has 3 rings (SSSR count). The molecule has 1 aliphatic heterocycles. The van der Waals surface area contributed by atoms with Gasteiger partial charge in [0.05, 0.1) is 0 Å². The minimum atomic E-state index is -0.138. The van der Waals surface area contributed by atoms with Gasteiger partial charge in [-0.25, -0.2) is 0 Å². The first-order chi connectivity index (χ1) is 12.5. The van der Waals surface area contributed by atoms with Crippen LogP contribution >= 0.6 is 0 Å². The lowest BCUT2D eigenvalue weighted by atomic mass is 10.2. The number of carbonyl (C=O) groups excluding carboxylic acids is 3. The first kappa shape index (κ1) is 18.2. The normalized spacial score (nSPS) is 17.0. The van der Waals surface area contributed by atoms with Gasteiger partial charge in [-0.05, 0) is 37.1 Å². The second kappa shape index (κ2) is 8.21. The fraction of sp³-hybridized carbons (Fsp3) is 0.526. The number of nitrogens with zero attached hydrogens (tertiary/aromatic N) is 2.